The third kappa shape index (κ3) is 2.61. The van der Waals surface area contributed by atoms with E-state index >= 15 is 0 Å². The molecular weight excluding hydrogens is 230 g/mol. The van der Waals surface area contributed by atoms with E-state index < -0.39 is 0 Å². The lowest BCUT2D eigenvalue weighted by molar-refractivity contribution is -0.119. The molecule has 5 nitrogen and oxygen atoms in total. The summed E-state index contributed by atoms with van der Waals surface area (Å²) in [4.78, 5) is 19.9. The van der Waals surface area contributed by atoms with Crippen molar-refractivity contribution in [3.63, 3.8) is 0 Å². The van der Waals surface area contributed by atoms with Crippen LogP contribution in [-0.2, 0) is 17.6 Å². The molecule has 0 saturated heterocycles. The topological polar surface area (TPSA) is 68.9 Å². The number of hydrogen-bond acceptors (Lipinski definition) is 5. The maximum absolute atomic E-state index is 11.6. The molecule has 0 N–H and O–H groups in total. The first-order valence-electron chi connectivity index (χ1n) is 6.04. The normalized spacial score (nSPS) is 14.7. The summed E-state index contributed by atoms with van der Waals surface area (Å²) < 4.78 is 5.08. The number of carbonyl (C=O) groups excluding carboxylic acids is 1. The van der Waals surface area contributed by atoms with Gasteiger partial charge < -0.3 is 4.52 Å². The maximum Gasteiger partial charge on any atom is 0.234 e. The zero-order valence-electron chi connectivity index (χ0n) is 9.87. The van der Waals surface area contributed by atoms with Gasteiger partial charge in [-0.25, -0.2) is 0 Å². The van der Waals surface area contributed by atoms with Crippen LogP contribution in [0.2, 0.25) is 0 Å². The van der Waals surface area contributed by atoms with Crippen molar-refractivity contribution >= 4 is 5.78 Å². The highest BCUT2D eigenvalue weighted by Gasteiger charge is 2.30. The molecule has 0 aliphatic heterocycles. The predicted octanol–water partition coefficient (Wildman–Crippen LogP) is 1.58. The van der Waals surface area contributed by atoms with Crippen LogP contribution in [0, 0.1) is 5.92 Å². The quantitative estimate of drug-likeness (QED) is 0.797. The number of Topliss-reactive ketones (excluding diaryl/α,β-unsaturated/α-hetero) is 1. The molecule has 1 fully saturated rings. The highest BCUT2D eigenvalue weighted by atomic mass is 16.5. The van der Waals surface area contributed by atoms with Gasteiger partial charge in [-0.15, -0.1) is 0 Å². The molecule has 0 unspecified atom stereocenters. The molecule has 0 amide bonds. The van der Waals surface area contributed by atoms with Gasteiger partial charge in [0.2, 0.25) is 5.89 Å². The summed E-state index contributed by atoms with van der Waals surface area (Å²) >= 11 is 0. The lowest BCUT2D eigenvalue weighted by Crippen LogP contribution is -2.05. The maximum atomic E-state index is 11.6. The third-order valence-corrected chi connectivity index (χ3v) is 2.95. The van der Waals surface area contributed by atoms with Crippen LogP contribution in [0.3, 0.4) is 0 Å². The zero-order valence-corrected chi connectivity index (χ0v) is 9.87. The van der Waals surface area contributed by atoms with Crippen LogP contribution in [0.4, 0.5) is 0 Å². The van der Waals surface area contributed by atoms with Gasteiger partial charge in [-0.1, -0.05) is 11.2 Å². The van der Waals surface area contributed by atoms with Gasteiger partial charge in [-0.3, -0.25) is 9.78 Å². The Kier molecular flexibility index (Phi) is 2.88. The Labute approximate surface area is 104 Å². The predicted molar refractivity (Wildman–Crippen MR) is 62.8 cm³/mol. The van der Waals surface area contributed by atoms with E-state index in [9.17, 15) is 4.79 Å². The Hall–Kier alpha value is -2.04. The van der Waals surface area contributed by atoms with Crippen LogP contribution < -0.4 is 0 Å². The summed E-state index contributed by atoms with van der Waals surface area (Å²) in [5.41, 5.74) is 1.03. The number of pyridine rings is 1. The van der Waals surface area contributed by atoms with Crippen LogP contribution in [0.25, 0.3) is 0 Å². The molecule has 3 rings (SSSR count). The summed E-state index contributed by atoms with van der Waals surface area (Å²) in [7, 11) is 0. The van der Waals surface area contributed by atoms with Gasteiger partial charge in [0.25, 0.3) is 0 Å². The lowest BCUT2D eigenvalue weighted by Gasteiger charge is -1.93. The van der Waals surface area contributed by atoms with Gasteiger partial charge in [-0.2, -0.15) is 4.98 Å². The fraction of sp³-hybridized carbons (Fsp3) is 0.385. The minimum atomic E-state index is 0.214. The molecular formula is C13H13N3O2. The lowest BCUT2D eigenvalue weighted by atomic mass is 10.2. The van der Waals surface area contributed by atoms with Crippen molar-refractivity contribution in [2.24, 2.45) is 5.92 Å². The molecule has 0 bridgehead atoms. The standard InChI is InChI=1S/C13H13N3O2/c17-11(10-3-4-10)7-13-15-12(16-18-13)6-9-2-1-5-14-8-9/h1-2,5,8,10H,3-4,6-7H2. The average Bonchev–Trinajstić information content (AvgIpc) is 3.15. The number of hydrogen-bond donors (Lipinski definition) is 0. The molecule has 1 saturated carbocycles. The van der Waals surface area contributed by atoms with Crippen LogP contribution in [0.5, 0.6) is 0 Å². The summed E-state index contributed by atoms with van der Waals surface area (Å²) in [6, 6.07) is 3.82. The van der Waals surface area contributed by atoms with E-state index in [0.29, 0.717) is 18.1 Å². The van der Waals surface area contributed by atoms with Crippen molar-refractivity contribution in [2.45, 2.75) is 25.7 Å². The highest BCUT2D eigenvalue weighted by molar-refractivity contribution is 5.84. The SMILES string of the molecule is O=C(Cc1nc(Cc2cccnc2)no1)C1CC1. The summed E-state index contributed by atoms with van der Waals surface area (Å²) in [5.74, 6) is 1.47. The molecule has 0 radical (unpaired) electrons. The Bertz CT molecular complexity index is 546. The Balaban J connectivity index is 1.64. The highest BCUT2D eigenvalue weighted by Crippen LogP contribution is 2.30. The zero-order chi connectivity index (χ0) is 12.4. The number of nitrogens with zero attached hydrogens (tertiary/aromatic N) is 3. The summed E-state index contributed by atoms with van der Waals surface area (Å²) in [6.07, 6.45) is 6.36. The molecule has 92 valence electrons. The van der Waals surface area contributed by atoms with Gasteiger partial charge in [0.05, 0.1) is 6.42 Å². The smallest absolute Gasteiger partial charge is 0.234 e. The van der Waals surface area contributed by atoms with E-state index in [1.54, 1.807) is 12.4 Å². The van der Waals surface area contributed by atoms with E-state index in [0.717, 1.165) is 18.4 Å². The van der Waals surface area contributed by atoms with Gasteiger partial charge in [0.15, 0.2) is 5.82 Å². The van der Waals surface area contributed by atoms with Crippen molar-refractivity contribution in [2.75, 3.05) is 0 Å². The molecule has 0 spiro atoms. The average molecular weight is 243 g/mol. The van der Waals surface area contributed by atoms with E-state index in [-0.39, 0.29) is 18.1 Å². The first-order valence-corrected chi connectivity index (χ1v) is 6.04. The van der Waals surface area contributed by atoms with Gasteiger partial charge in [0.1, 0.15) is 5.78 Å². The number of carbonyl (C=O) groups is 1. The second kappa shape index (κ2) is 4.68. The molecule has 18 heavy (non-hydrogen) atoms. The van der Waals surface area contributed by atoms with Crippen LogP contribution in [0.1, 0.15) is 30.1 Å². The van der Waals surface area contributed by atoms with E-state index in [4.69, 9.17) is 4.52 Å². The van der Waals surface area contributed by atoms with Gasteiger partial charge in [0, 0.05) is 24.7 Å². The van der Waals surface area contributed by atoms with E-state index in [1.165, 1.54) is 0 Å². The van der Waals surface area contributed by atoms with Crippen molar-refractivity contribution in [1.29, 1.82) is 0 Å². The minimum absolute atomic E-state index is 0.214. The van der Waals surface area contributed by atoms with Crippen molar-refractivity contribution in [3.05, 3.63) is 41.8 Å². The second-order valence-corrected chi connectivity index (χ2v) is 4.56. The molecule has 0 aromatic carbocycles. The molecule has 2 heterocycles. The van der Waals surface area contributed by atoms with E-state index in [2.05, 4.69) is 15.1 Å². The fourth-order valence-corrected chi connectivity index (χ4v) is 1.82. The molecule has 2 aromatic rings. The first kappa shape index (κ1) is 11.1. The van der Waals surface area contributed by atoms with Crippen molar-refractivity contribution in [1.82, 2.24) is 15.1 Å². The minimum Gasteiger partial charge on any atom is -0.339 e. The van der Waals surface area contributed by atoms with Crippen LogP contribution in [0.15, 0.2) is 29.0 Å². The van der Waals surface area contributed by atoms with Gasteiger partial charge >= 0.3 is 0 Å². The number of rotatable bonds is 5. The largest absolute Gasteiger partial charge is 0.339 e. The Morgan fingerprint density at radius 2 is 2.33 bits per heavy atom. The Morgan fingerprint density at radius 3 is 3.06 bits per heavy atom. The number of aromatic nitrogens is 3. The first-order chi connectivity index (χ1) is 8.81. The third-order valence-electron chi connectivity index (χ3n) is 2.95. The molecule has 0 atom stereocenters. The Morgan fingerprint density at radius 1 is 1.44 bits per heavy atom. The summed E-state index contributed by atoms with van der Waals surface area (Å²) in [6.45, 7) is 0. The second-order valence-electron chi connectivity index (χ2n) is 4.56. The van der Waals surface area contributed by atoms with Crippen molar-refractivity contribution in [3.8, 4) is 0 Å². The summed E-state index contributed by atoms with van der Waals surface area (Å²) in [5, 5.41) is 3.88. The monoisotopic (exact) mass is 243 g/mol. The molecule has 2 aromatic heterocycles. The molecule has 1 aliphatic rings. The van der Waals surface area contributed by atoms with Crippen molar-refractivity contribution < 1.29 is 9.32 Å². The van der Waals surface area contributed by atoms with Gasteiger partial charge in [-0.05, 0) is 24.5 Å². The van der Waals surface area contributed by atoms with Crippen LogP contribution >= 0.6 is 0 Å². The van der Waals surface area contributed by atoms with E-state index in [1.807, 2.05) is 12.1 Å². The molecule has 1 aliphatic carbocycles. The molecule has 5 heteroatoms. The van der Waals surface area contributed by atoms with Crippen LogP contribution in [-0.4, -0.2) is 20.9 Å². The fourth-order valence-electron chi connectivity index (χ4n) is 1.82. The number of ketones is 1.